The fourth-order valence-corrected chi connectivity index (χ4v) is 4.56. The normalized spacial score (nSPS) is 37.4. The maximum atomic E-state index is 14.7. The summed E-state index contributed by atoms with van der Waals surface area (Å²) in [7, 11) is 0. The number of imide groups is 1. The minimum Gasteiger partial charge on any atom is -0.479 e. The average Bonchev–Trinajstić information content (AvgIpc) is 2.87. The van der Waals surface area contributed by atoms with E-state index >= 15 is 0 Å². The van der Waals surface area contributed by atoms with Crippen molar-refractivity contribution in [1.29, 1.82) is 0 Å². The van der Waals surface area contributed by atoms with Crippen LogP contribution < -0.4 is 10.6 Å². The third-order valence-corrected chi connectivity index (χ3v) is 6.18. The number of urea groups is 1. The van der Waals surface area contributed by atoms with Crippen molar-refractivity contribution in [2.24, 2.45) is 11.8 Å². The summed E-state index contributed by atoms with van der Waals surface area (Å²) in [6.45, 7) is 0.0399. The molecule has 0 bridgehead atoms. The van der Waals surface area contributed by atoms with Crippen LogP contribution in [-0.2, 0) is 20.9 Å². The van der Waals surface area contributed by atoms with E-state index in [0.29, 0.717) is 15.6 Å². The molecule has 4 rings (SSSR count). The SMILES string of the molecule is O=C1NC(=O)[C@@]2(N1)[C@H](OCc1ccc(Cl)c(Cl)c1)C[C@@H]1[C@H]2[C@@]1(F)C(=O)O. The first-order valence-electron chi connectivity index (χ1n) is 7.82. The number of ether oxygens (including phenoxy) is 1. The molecular weight excluding hydrogens is 390 g/mol. The molecule has 3 fully saturated rings. The van der Waals surface area contributed by atoms with Crippen LogP contribution in [0.4, 0.5) is 9.18 Å². The third-order valence-electron chi connectivity index (χ3n) is 5.44. The monoisotopic (exact) mass is 402 g/mol. The van der Waals surface area contributed by atoms with Crippen LogP contribution in [-0.4, -0.2) is 40.3 Å². The molecule has 5 atom stereocenters. The summed E-state index contributed by atoms with van der Waals surface area (Å²) in [6.07, 6.45) is -0.857. The lowest BCUT2D eigenvalue weighted by molar-refractivity contribution is -0.149. The molecule has 0 radical (unpaired) electrons. The second kappa shape index (κ2) is 5.55. The van der Waals surface area contributed by atoms with Crippen molar-refractivity contribution >= 4 is 41.1 Å². The summed E-state index contributed by atoms with van der Waals surface area (Å²) >= 11 is 11.8. The minimum atomic E-state index is -2.54. The van der Waals surface area contributed by atoms with E-state index in [1.165, 1.54) is 0 Å². The summed E-state index contributed by atoms with van der Waals surface area (Å²) < 4.78 is 20.5. The summed E-state index contributed by atoms with van der Waals surface area (Å²) in [5.74, 6) is -4.47. The van der Waals surface area contributed by atoms with Gasteiger partial charge in [0.25, 0.3) is 5.91 Å². The predicted octanol–water partition coefficient (Wildman–Crippen LogP) is 1.90. The number of carboxylic acids is 1. The molecule has 2 aliphatic carbocycles. The van der Waals surface area contributed by atoms with Gasteiger partial charge in [-0.2, -0.15) is 0 Å². The van der Waals surface area contributed by atoms with E-state index < -0.39 is 47.1 Å². The average molecular weight is 403 g/mol. The summed E-state index contributed by atoms with van der Waals surface area (Å²) in [6, 6.07) is 4.07. The van der Waals surface area contributed by atoms with Crippen LogP contribution in [0.15, 0.2) is 18.2 Å². The fourth-order valence-electron chi connectivity index (χ4n) is 4.24. The molecule has 3 amide bonds. The first-order valence-corrected chi connectivity index (χ1v) is 8.58. The molecule has 138 valence electrons. The smallest absolute Gasteiger partial charge is 0.342 e. The molecule has 7 nitrogen and oxygen atoms in total. The van der Waals surface area contributed by atoms with Gasteiger partial charge in [-0.25, -0.2) is 14.0 Å². The maximum absolute atomic E-state index is 14.7. The molecule has 3 aliphatic rings. The molecule has 1 heterocycles. The van der Waals surface area contributed by atoms with Gasteiger partial charge in [0.15, 0.2) is 5.54 Å². The Morgan fingerprint density at radius 2 is 2.08 bits per heavy atom. The van der Waals surface area contributed by atoms with Crippen molar-refractivity contribution in [2.45, 2.75) is 30.3 Å². The van der Waals surface area contributed by atoms with Crippen LogP contribution in [0.3, 0.4) is 0 Å². The van der Waals surface area contributed by atoms with Crippen molar-refractivity contribution in [3.05, 3.63) is 33.8 Å². The van der Waals surface area contributed by atoms with Crippen molar-refractivity contribution < 1.29 is 28.6 Å². The molecular formula is C16H13Cl2FN2O5. The molecule has 1 aromatic carbocycles. The highest BCUT2D eigenvalue weighted by atomic mass is 35.5. The largest absolute Gasteiger partial charge is 0.479 e. The summed E-state index contributed by atoms with van der Waals surface area (Å²) in [4.78, 5) is 35.4. The van der Waals surface area contributed by atoms with Gasteiger partial charge >= 0.3 is 12.0 Å². The van der Waals surface area contributed by atoms with E-state index in [4.69, 9.17) is 27.9 Å². The Kier molecular flexibility index (Phi) is 3.74. The number of fused-ring (bicyclic) bond motifs is 2. The van der Waals surface area contributed by atoms with Crippen LogP contribution in [0, 0.1) is 11.8 Å². The van der Waals surface area contributed by atoms with Gasteiger partial charge in [0.2, 0.25) is 5.67 Å². The van der Waals surface area contributed by atoms with Crippen LogP contribution in [0.1, 0.15) is 12.0 Å². The molecule has 0 aromatic heterocycles. The number of rotatable bonds is 4. The number of carbonyl (C=O) groups is 3. The molecule has 1 aromatic rings. The van der Waals surface area contributed by atoms with Crippen molar-refractivity contribution in [3.8, 4) is 0 Å². The van der Waals surface area contributed by atoms with E-state index in [-0.39, 0.29) is 13.0 Å². The number of aliphatic carboxylic acids is 1. The predicted molar refractivity (Wildman–Crippen MR) is 87.5 cm³/mol. The van der Waals surface area contributed by atoms with Gasteiger partial charge in [-0.15, -0.1) is 0 Å². The fraction of sp³-hybridized carbons (Fsp3) is 0.438. The van der Waals surface area contributed by atoms with Gasteiger partial charge in [0.05, 0.1) is 22.8 Å². The number of carboxylic acid groups (broad SMARTS) is 1. The van der Waals surface area contributed by atoms with Crippen molar-refractivity contribution in [1.82, 2.24) is 10.6 Å². The lowest BCUT2D eigenvalue weighted by atomic mass is 9.87. The molecule has 0 unspecified atom stereocenters. The topological polar surface area (TPSA) is 105 Å². The first kappa shape index (κ1) is 17.5. The van der Waals surface area contributed by atoms with Crippen LogP contribution in [0.25, 0.3) is 0 Å². The highest BCUT2D eigenvalue weighted by Crippen LogP contribution is 2.68. The Hall–Kier alpha value is -1.90. The molecule has 26 heavy (non-hydrogen) atoms. The number of nitrogens with one attached hydrogen (secondary N) is 2. The number of amides is 3. The first-order chi connectivity index (χ1) is 12.2. The highest BCUT2D eigenvalue weighted by Gasteiger charge is 2.87. The zero-order valence-corrected chi connectivity index (χ0v) is 14.6. The van der Waals surface area contributed by atoms with Gasteiger partial charge in [-0.1, -0.05) is 29.3 Å². The van der Waals surface area contributed by atoms with E-state index in [9.17, 15) is 23.9 Å². The van der Waals surface area contributed by atoms with Gasteiger partial charge in [0.1, 0.15) is 0 Å². The Bertz CT molecular complexity index is 852. The van der Waals surface area contributed by atoms with Crippen molar-refractivity contribution in [2.75, 3.05) is 0 Å². The van der Waals surface area contributed by atoms with Crippen LogP contribution >= 0.6 is 23.2 Å². The number of hydrogen-bond acceptors (Lipinski definition) is 4. The third kappa shape index (κ3) is 2.19. The second-order valence-corrected chi connectivity index (χ2v) is 7.53. The summed E-state index contributed by atoms with van der Waals surface area (Å²) in [5, 5.41) is 14.4. The molecule has 2 saturated carbocycles. The van der Waals surface area contributed by atoms with E-state index in [0.717, 1.165) is 0 Å². The van der Waals surface area contributed by atoms with Crippen LogP contribution in [0.2, 0.25) is 10.0 Å². The molecule has 1 aliphatic heterocycles. The molecule has 1 spiro atoms. The lowest BCUT2D eigenvalue weighted by Crippen LogP contribution is -2.59. The zero-order valence-electron chi connectivity index (χ0n) is 13.1. The Morgan fingerprint density at radius 1 is 1.35 bits per heavy atom. The highest BCUT2D eigenvalue weighted by molar-refractivity contribution is 6.42. The molecule has 1 saturated heterocycles. The molecule has 3 N–H and O–H groups in total. The van der Waals surface area contributed by atoms with E-state index in [1.54, 1.807) is 18.2 Å². The quantitative estimate of drug-likeness (QED) is 0.667. The number of carbonyl (C=O) groups excluding carboxylic acids is 2. The van der Waals surface area contributed by atoms with E-state index in [2.05, 4.69) is 10.6 Å². The standard InChI is InChI=1S/C16H13Cl2FN2O5/c17-8-2-1-6(3-9(8)18)5-26-10-4-7-11(15(7,19)13(23)24)16(10)12(22)20-14(25)21-16/h1-3,7,10-11H,4-5H2,(H,23,24)(H2,20,21,22,25)/t7-,10-,11+,15-,16-/m1/s1. The maximum Gasteiger partial charge on any atom is 0.342 e. The Labute approximate surface area is 156 Å². The molecule has 10 heteroatoms. The number of alkyl halides is 1. The van der Waals surface area contributed by atoms with Gasteiger partial charge < -0.3 is 15.2 Å². The second-order valence-electron chi connectivity index (χ2n) is 6.72. The van der Waals surface area contributed by atoms with Crippen LogP contribution in [0.5, 0.6) is 0 Å². The minimum absolute atomic E-state index is 0.00247. The Morgan fingerprint density at radius 3 is 2.65 bits per heavy atom. The number of benzene rings is 1. The number of hydrogen-bond donors (Lipinski definition) is 3. The lowest BCUT2D eigenvalue weighted by Gasteiger charge is -2.32. The Balaban J connectivity index is 1.59. The zero-order chi connectivity index (χ0) is 18.9. The van der Waals surface area contributed by atoms with Gasteiger partial charge in [-0.3, -0.25) is 10.1 Å². The summed E-state index contributed by atoms with van der Waals surface area (Å²) in [5.41, 5.74) is -3.60. The van der Waals surface area contributed by atoms with E-state index in [1.807, 2.05) is 0 Å². The van der Waals surface area contributed by atoms with Gasteiger partial charge in [0, 0.05) is 11.8 Å². The van der Waals surface area contributed by atoms with Gasteiger partial charge in [-0.05, 0) is 24.1 Å². The number of halogens is 3. The van der Waals surface area contributed by atoms with Crippen molar-refractivity contribution in [3.63, 3.8) is 0 Å².